The van der Waals surface area contributed by atoms with Gasteiger partial charge in [-0.1, -0.05) is 47.9 Å². The van der Waals surface area contributed by atoms with E-state index in [1.807, 2.05) is 0 Å². The summed E-state index contributed by atoms with van der Waals surface area (Å²) in [6.45, 7) is 6.59. The number of hydrogen-bond donors (Lipinski definition) is 0. The summed E-state index contributed by atoms with van der Waals surface area (Å²) in [5, 5.41) is 0. The van der Waals surface area contributed by atoms with Gasteiger partial charge in [0.15, 0.2) is 0 Å². The molecule has 1 aromatic rings. The summed E-state index contributed by atoms with van der Waals surface area (Å²) in [6, 6.07) is 6.89. The van der Waals surface area contributed by atoms with Crippen LogP contribution in [0.25, 0.3) is 5.57 Å². The van der Waals surface area contributed by atoms with Crippen LogP contribution in [0.2, 0.25) is 0 Å². The van der Waals surface area contributed by atoms with Gasteiger partial charge in [-0.05, 0) is 40.0 Å². The number of rotatable bonds is 0. The fourth-order valence-corrected chi connectivity index (χ4v) is 6.40. The largest absolute Gasteiger partial charge is 0.357 e. The van der Waals surface area contributed by atoms with E-state index in [4.69, 9.17) is 6.58 Å². The Kier molecular flexibility index (Phi) is 2.40. The molecule has 6 aliphatic rings. The van der Waals surface area contributed by atoms with Crippen LogP contribution in [0.3, 0.4) is 0 Å². The zero-order chi connectivity index (χ0) is 14.9. The molecule has 1 spiro atoms. The van der Waals surface area contributed by atoms with Crippen molar-refractivity contribution in [3.8, 4) is 0 Å². The van der Waals surface area contributed by atoms with Crippen LogP contribution in [-0.4, -0.2) is 0 Å². The smallest absolute Gasteiger partial charge is 0.00230 e. The van der Waals surface area contributed by atoms with E-state index in [1.165, 1.54) is 33.4 Å². The molecule has 111 valence electrons. The fraction of sp³-hybridized carbons (Fsp3) is 0.217. The van der Waals surface area contributed by atoms with Gasteiger partial charge < -0.3 is 12.2 Å². The second-order valence-electron chi connectivity index (χ2n) is 7.68. The van der Waals surface area contributed by atoms with Crippen LogP contribution in [-0.2, 0) is 44.5 Å². The molecule has 1 aromatic carbocycles. The molecular weight excluding hydrogens is 365 g/mol. The zero-order valence-corrected chi connectivity index (χ0v) is 16.1. The maximum atomic E-state index is 6.59. The van der Waals surface area contributed by atoms with E-state index in [1.54, 1.807) is 11.1 Å². The molecule has 0 bridgehead atoms. The van der Waals surface area contributed by atoms with E-state index in [0.717, 1.165) is 18.4 Å². The topological polar surface area (TPSA) is 0 Å². The van der Waals surface area contributed by atoms with Gasteiger partial charge in [0.05, 0.1) is 0 Å². The Labute approximate surface area is 167 Å². The minimum atomic E-state index is 0. The van der Waals surface area contributed by atoms with Crippen molar-refractivity contribution >= 4 is 5.57 Å². The zero-order valence-electron chi connectivity index (χ0n) is 13.3. The molecule has 0 aromatic heterocycles. The first-order valence-electron chi connectivity index (χ1n) is 8.50. The second kappa shape index (κ2) is 4.11. The monoisotopic (exact) mass is 379 g/mol. The predicted octanol–water partition coefficient (Wildman–Crippen LogP) is 4.42. The molecule has 1 radical (unpaired) electrons. The first-order valence-corrected chi connectivity index (χ1v) is 8.50. The molecule has 0 N–H and O–H groups in total. The summed E-state index contributed by atoms with van der Waals surface area (Å²) in [5.41, 5.74) is 12.9. The van der Waals surface area contributed by atoms with E-state index in [-0.39, 0.29) is 38.1 Å². The number of benzene rings is 1. The summed E-state index contributed by atoms with van der Waals surface area (Å²) in [6.07, 6.45) is 15.1. The molecule has 1 heteroatoms. The molecule has 7 rings (SSSR count). The molecule has 0 saturated heterocycles. The van der Waals surface area contributed by atoms with Crippen LogP contribution in [0.5, 0.6) is 0 Å². The average molecular weight is 379 g/mol. The average Bonchev–Trinajstić information content (AvgIpc) is 3.26. The SMILES string of the molecule is [CH-]=C1CC2=CC=C3c4cccc5c4C4(C1=[C-]C1=CC=C(C5)C14)C23.[Y]. The van der Waals surface area contributed by atoms with Gasteiger partial charge >= 0.3 is 0 Å². The maximum Gasteiger partial charge on any atom is 0.00230 e. The van der Waals surface area contributed by atoms with Crippen molar-refractivity contribution in [2.24, 2.45) is 11.8 Å². The van der Waals surface area contributed by atoms with Crippen molar-refractivity contribution in [2.75, 3.05) is 0 Å². The third-order valence-electron chi connectivity index (χ3n) is 6.90. The Morgan fingerprint density at radius 1 is 1.00 bits per heavy atom. The summed E-state index contributed by atoms with van der Waals surface area (Å²) in [7, 11) is 0. The van der Waals surface area contributed by atoms with Gasteiger partial charge in [-0.25, -0.2) is 0 Å². The van der Waals surface area contributed by atoms with Gasteiger partial charge in [0.25, 0.3) is 0 Å². The maximum absolute atomic E-state index is 6.59. The summed E-state index contributed by atoms with van der Waals surface area (Å²) >= 11 is 0. The number of allylic oxidation sites excluding steroid dienone is 11. The third-order valence-corrected chi connectivity index (χ3v) is 6.90. The number of hydrogen-bond acceptors (Lipinski definition) is 0. The van der Waals surface area contributed by atoms with Crippen LogP contribution < -0.4 is 0 Å². The molecule has 24 heavy (non-hydrogen) atoms. The van der Waals surface area contributed by atoms with Crippen molar-refractivity contribution in [1.82, 2.24) is 0 Å². The van der Waals surface area contributed by atoms with Gasteiger partial charge in [0.1, 0.15) is 0 Å². The molecule has 1 fully saturated rings. The van der Waals surface area contributed by atoms with Crippen molar-refractivity contribution in [3.05, 3.63) is 99.7 Å². The molecule has 1 saturated carbocycles. The summed E-state index contributed by atoms with van der Waals surface area (Å²) in [5.74, 6) is 0.966. The minimum Gasteiger partial charge on any atom is -0.357 e. The standard InChI is InChI=1S/C23H14.Y/c1-12-9-14-7-8-18-17-4-2-3-13-10-15-5-6-16-11-19(12)23(20(15)16,21(13)17)22(14)18;/h1-8,20,22H,9-10H2;/q-2;. The normalized spacial score (nSPS) is 34.7. The first kappa shape index (κ1) is 14.0. The Hall–Kier alpha value is -1.24. The predicted molar refractivity (Wildman–Crippen MR) is 90.2 cm³/mol. The summed E-state index contributed by atoms with van der Waals surface area (Å²) in [4.78, 5) is 0. The molecule has 0 nitrogen and oxygen atoms in total. The Morgan fingerprint density at radius 3 is 2.75 bits per heavy atom. The first-order chi connectivity index (χ1) is 11.3. The second-order valence-corrected chi connectivity index (χ2v) is 7.68. The van der Waals surface area contributed by atoms with Gasteiger partial charge in [0.2, 0.25) is 0 Å². The van der Waals surface area contributed by atoms with Crippen LogP contribution in [0.15, 0.2) is 70.4 Å². The van der Waals surface area contributed by atoms with Crippen LogP contribution >= 0.6 is 0 Å². The van der Waals surface area contributed by atoms with Gasteiger partial charge in [-0.3, -0.25) is 11.6 Å². The van der Waals surface area contributed by atoms with E-state index in [2.05, 4.69) is 48.6 Å². The molecule has 3 atom stereocenters. The van der Waals surface area contributed by atoms with Gasteiger partial charge in [-0.2, -0.15) is 11.6 Å². The van der Waals surface area contributed by atoms with E-state index in [0.29, 0.717) is 11.8 Å². The van der Waals surface area contributed by atoms with Crippen LogP contribution in [0.4, 0.5) is 0 Å². The van der Waals surface area contributed by atoms with E-state index < -0.39 is 0 Å². The molecule has 0 heterocycles. The van der Waals surface area contributed by atoms with Crippen LogP contribution in [0.1, 0.15) is 23.1 Å². The Balaban J connectivity index is 0.00000120. The molecule has 3 unspecified atom stereocenters. The fourth-order valence-electron chi connectivity index (χ4n) is 6.40. The quantitative estimate of drug-likeness (QED) is 0.586. The molecular formula is C23H14Y-2. The van der Waals surface area contributed by atoms with Crippen molar-refractivity contribution in [2.45, 2.75) is 18.3 Å². The van der Waals surface area contributed by atoms with E-state index >= 15 is 0 Å². The van der Waals surface area contributed by atoms with Crippen molar-refractivity contribution < 1.29 is 32.7 Å². The minimum absolute atomic E-state index is 0. The van der Waals surface area contributed by atoms with Crippen molar-refractivity contribution in [1.29, 1.82) is 0 Å². The molecule has 0 amide bonds. The third kappa shape index (κ3) is 1.18. The Morgan fingerprint density at radius 2 is 1.83 bits per heavy atom. The molecule has 0 aliphatic heterocycles. The van der Waals surface area contributed by atoms with E-state index in [9.17, 15) is 0 Å². The van der Waals surface area contributed by atoms with Gasteiger partial charge in [-0.15, -0.1) is 6.08 Å². The number of fused-ring (bicyclic) bond motifs is 1. The summed E-state index contributed by atoms with van der Waals surface area (Å²) < 4.78 is 0. The van der Waals surface area contributed by atoms with Crippen molar-refractivity contribution in [3.63, 3.8) is 0 Å². The Bertz CT molecular complexity index is 1040. The molecule has 6 aliphatic carbocycles. The van der Waals surface area contributed by atoms with Crippen LogP contribution in [0, 0.1) is 24.5 Å². The van der Waals surface area contributed by atoms with Gasteiger partial charge in [0, 0.05) is 38.6 Å².